The zero-order chi connectivity index (χ0) is 17.4. The molecule has 0 saturated carbocycles. The summed E-state index contributed by atoms with van der Waals surface area (Å²) < 4.78 is 0.972. The minimum absolute atomic E-state index is 0.631. The second kappa shape index (κ2) is 6.17. The lowest BCUT2D eigenvalue weighted by atomic mass is 9.85. The Kier molecular flexibility index (Phi) is 3.98. The molecule has 1 saturated heterocycles. The Hall–Kier alpha value is -2.37. The van der Waals surface area contributed by atoms with Gasteiger partial charge in [0.15, 0.2) is 10.8 Å². The first-order chi connectivity index (χ1) is 12.1. The van der Waals surface area contributed by atoms with Crippen LogP contribution in [-0.2, 0) is 5.66 Å². The largest absolute Gasteiger partial charge is 0.398 e. The van der Waals surface area contributed by atoms with Gasteiger partial charge in [-0.3, -0.25) is 4.90 Å². The molecule has 4 rings (SSSR count). The smallest absolute Gasteiger partial charge is 0.178 e. The lowest BCUT2D eigenvalue weighted by Gasteiger charge is -2.56. The Balaban J connectivity index is 1.98. The zero-order valence-corrected chi connectivity index (χ0v) is 15.7. The zero-order valence-electron chi connectivity index (χ0n) is 13.3. The number of nitrogens with one attached hydrogen (secondary N) is 1. The normalized spacial score (nSPS) is 19.2. The van der Waals surface area contributed by atoms with Gasteiger partial charge in [0.05, 0.1) is 0 Å². The van der Waals surface area contributed by atoms with E-state index in [9.17, 15) is 0 Å². The molecule has 3 aromatic carbocycles. The summed E-state index contributed by atoms with van der Waals surface area (Å²) in [7, 11) is 0. The van der Waals surface area contributed by atoms with E-state index in [1.165, 1.54) is 0 Å². The van der Waals surface area contributed by atoms with E-state index in [1.807, 2.05) is 54.6 Å². The molecule has 3 aromatic rings. The molecular formula is C20H16BrN3S. The Bertz CT molecular complexity index is 930. The molecule has 0 radical (unpaired) electrons. The summed E-state index contributed by atoms with van der Waals surface area (Å²) in [6.07, 6.45) is 0. The number of anilines is 2. The third kappa shape index (κ3) is 2.51. The van der Waals surface area contributed by atoms with Gasteiger partial charge in [-0.05, 0) is 42.5 Å². The summed E-state index contributed by atoms with van der Waals surface area (Å²) in [6.45, 7) is 0. The van der Waals surface area contributed by atoms with Gasteiger partial charge in [0.2, 0.25) is 0 Å². The number of benzene rings is 3. The SMILES string of the molecule is Nc1ccc(Br)cc1C1(c2ccccc2)NC(=S)N1c1ccccc1. The van der Waals surface area contributed by atoms with Crippen molar-refractivity contribution in [3.63, 3.8) is 0 Å². The fraction of sp³-hybridized carbons (Fsp3) is 0.0500. The van der Waals surface area contributed by atoms with Crippen molar-refractivity contribution >= 4 is 44.6 Å². The lowest BCUT2D eigenvalue weighted by Crippen LogP contribution is -2.74. The first kappa shape index (κ1) is 16.1. The Labute approximate surface area is 160 Å². The fourth-order valence-electron chi connectivity index (χ4n) is 3.32. The molecule has 0 spiro atoms. The van der Waals surface area contributed by atoms with Crippen LogP contribution in [0.4, 0.5) is 11.4 Å². The van der Waals surface area contributed by atoms with E-state index in [-0.39, 0.29) is 0 Å². The number of halogens is 1. The van der Waals surface area contributed by atoms with Crippen molar-refractivity contribution in [3.8, 4) is 0 Å². The summed E-state index contributed by atoms with van der Waals surface area (Å²) in [5.41, 5.74) is 9.52. The molecule has 1 unspecified atom stereocenters. The van der Waals surface area contributed by atoms with Crippen LogP contribution in [0.15, 0.2) is 83.3 Å². The molecule has 25 heavy (non-hydrogen) atoms. The lowest BCUT2D eigenvalue weighted by molar-refractivity contribution is 0.428. The van der Waals surface area contributed by atoms with Gasteiger partial charge >= 0.3 is 0 Å². The van der Waals surface area contributed by atoms with E-state index >= 15 is 0 Å². The van der Waals surface area contributed by atoms with Crippen molar-refractivity contribution in [3.05, 3.63) is 94.5 Å². The fourth-order valence-corrected chi connectivity index (χ4v) is 4.07. The van der Waals surface area contributed by atoms with Gasteiger partial charge < -0.3 is 11.1 Å². The highest BCUT2D eigenvalue weighted by molar-refractivity contribution is 9.10. The van der Waals surface area contributed by atoms with Gasteiger partial charge in [-0.25, -0.2) is 0 Å². The molecule has 1 fully saturated rings. The van der Waals surface area contributed by atoms with Gasteiger partial charge in [-0.15, -0.1) is 0 Å². The second-order valence-corrected chi connectivity index (χ2v) is 7.21. The summed E-state index contributed by atoms with van der Waals surface area (Å²) in [5.74, 6) is 0. The highest BCUT2D eigenvalue weighted by Crippen LogP contribution is 2.45. The van der Waals surface area contributed by atoms with E-state index < -0.39 is 5.66 Å². The van der Waals surface area contributed by atoms with Crippen LogP contribution >= 0.6 is 28.1 Å². The van der Waals surface area contributed by atoms with Crippen LogP contribution in [0.5, 0.6) is 0 Å². The van der Waals surface area contributed by atoms with Crippen LogP contribution in [0.25, 0.3) is 0 Å². The Morgan fingerprint density at radius 1 is 0.920 bits per heavy atom. The molecule has 1 atom stereocenters. The molecule has 5 heteroatoms. The predicted octanol–water partition coefficient (Wildman–Crippen LogP) is 4.63. The van der Waals surface area contributed by atoms with Crippen molar-refractivity contribution in [2.75, 3.05) is 10.6 Å². The quantitative estimate of drug-likeness (QED) is 0.488. The molecular weight excluding hydrogens is 394 g/mol. The summed E-state index contributed by atoms with van der Waals surface area (Å²) in [5, 5.41) is 4.14. The molecule has 0 bridgehead atoms. The van der Waals surface area contributed by atoms with E-state index in [0.29, 0.717) is 10.8 Å². The monoisotopic (exact) mass is 409 g/mol. The average Bonchev–Trinajstić information content (AvgIpc) is 2.63. The van der Waals surface area contributed by atoms with E-state index in [0.717, 1.165) is 21.3 Å². The van der Waals surface area contributed by atoms with Gasteiger partial charge in [0.25, 0.3) is 0 Å². The maximum absolute atomic E-state index is 6.38. The Morgan fingerprint density at radius 3 is 2.20 bits per heavy atom. The minimum atomic E-state index is -0.631. The van der Waals surface area contributed by atoms with Gasteiger partial charge in [-0.2, -0.15) is 0 Å². The van der Waals surface area contributed by atoms with Crippen LogP contribution in [-0.4, -0.2) is 5.11 Å². The molecule has 124 valence electrons. The number of para-hydroxylation sites is 1. The van der Waals surface area contributed by atoms with Crippen LogP contribution in [0.3, 0.4) is 0 Å². The van der Waals surface area contributed by atoms with Crippen LogP contribution in [0.1, 0.15) is 11.1 Å². The number of hydrogen-bond donors (Lipinski definition) is 2. The topological polar surface area (TPSA) is 41.3 Å². The number of nitrogens with two attached hydrogens (primary N) is 1. The van der Waals surface area contributed by atoms with Crippen LogP contribution in [0.2, 0.25) is 0 Å². The van der Waals surface area contributed by atoms with Crippen molar-refractivity contribution in [1.29, 1.82) is 0 Å². The summed E-state index contributed by atoms with van der Waals surface area (Å²) in [4.78, 5) is 2.12. The Morgan fingerprint density at radius 2 is 1.56 bits per heavy atom. The first-order valence-corrected chi connectivity index (χ1v) is 9.11. The standard InChI is InChI=1S/C20H16BrN3S/c21-15-11-12-18(22)17(13-15)20(14-7-3-1-4-8-14)23-19(25)24(20)16-9-5-2-6-10-16/h1-13H,22H2,(H,23,25). The number of nitrogens with zero attached hydrogens (tertiary/aromatic N) is 1. The van der Waals surface area contributed by atoms with Crippen LogP contribution < -0.4 is 16.0 Å². The van der Waals surface area contributed by atoms with Gasteiger partial charge in [0.1, 0.15) is 0 Å². The van der Waals surface area contributed by atoms with E-state index in [4.69, 9.17) is 18.0 Å². The van der Waals surface area contributed by atoms with E-state index in [2.05, 4.69) is 50.4 Å². The molecule has 3 nitrogen and oxygen atoms in total. The maximum atomic E-state index is 6.38. The maximum Gasteiger partial charge on any atom is 0.178 e. The van der Waals surface area contributed by atoms with E-state index in [1.54, 1.807) is 0 Å². The second-order valence-electron chi connectivity index (χ2n) is 5.91. The van der Waals surface area contributed by atoms with Crippen molar-refractivity contribution in [1.82, 2.24) is 5.32 Å². The highest BCUT2D eigenvalue weighted by atomic mass is 79.9. The van der Waals surface area contributed by atoms with Crippen molar-refractivity contribution in [2.24, 2.45) is 0 Å². The van der Waals surface area contributed by atoms with Gasteiger partial charge in [0, 0.05) is 27.0 Å². The predicted molar refractivity (Wildman–Crippen MR) is 110 cm³/mol. The molecule has 3 N–H and O–H groups in total. The summed E-state index contributed by atoms with van der Waals surface area (Å²) in [6, 6.07) is 26.3. The minimum Gasteiger partial charge on any atom is -0.398 e. The number of hydrogen-bond acceptors (Lipinski definition) is 2. The van der Waals surface area contributed by atoms with Crippen LogP contribution in [0, 0.1) is 0 Å². The number of thiocarbonyl (C=S) groups is 1. The highest BCUT2D eigenvalue weighted by Gasteiger charge is 2.52. The molecule has 1 heterocycles. The van der Waals surface area contributed by atoms with Crippen molar-refractivity contribution in [2.45, 2.75) is 5.66 Å². The average molecular weight is 410 g/mol. The molecule has 0 amide bonds. The third-order valence-electron chi connectivity index (χ3n) is 4.44. The number of nitrogen functional groups attached to an aromatic ring is 1. The molecule has 1 aliphatic heterocycles. The summed E-state index contributed by atoms with van der Waals surface area (Å²) >= 11 is 9.15. The number of rotatable bonds is 3. The van der Waals surface area contributed by atoms with Gasteiger partial charge in [-0.1, -0.05) is 64.5 Å². The first-order valence-electron chi connectivity index (χ1n) is 7.91. The molecule has 0 aliphatic carbocycles. The molecule has 0 aromatic heterocycles. The molecule has 1 aliphatic rings. The van der Waals surface area contributed by atoms with Crippen molar-refractivity contribution < 1.29 is 0 Å². The third-order valence-corrected chi connectivity index (χ3v) is 5.22.